The van der Waals surface area contributed by atoms with Crippen molar-refractivity contribution in [2.75, 3.05) is 11.5 Å². The molecule has 2 saturated heterocycles. The lowest BCUT2D eigenvalue weighted by atomic mass is 9.84. The van der Waals surface area contributed by atoms with E-state index < -0.39 is 11.8 Å². The number of hydrogen-bond donors (Lipinski definition) is 0. The van der Waals surface area contributed by atoms with Crippen molar-refractivity contribution in [1.29, 1.82) is 0 Å². The number of esters is 2. The van der Waals surface area contributed by atoms with Crippen molar-refractivity contribution < 1.29 is 28.7 Å². The lowest BCUT2D eigenvalue weighted by molar-refractivity contribution is -0.148. The van der Waals surface area contributed by atoms with Gasteiger partial charge in [-0.15, -0.1) is 0 Å². The smallest absolute Gasteiger partial charge is 0.317 e. The molecule has 2 aliphatic rings. The SMILES string of the molecule is CC/C=C\C/C=C\C/C=C\C/C=C\C/C=C\CCCCS[C@@H](CC)C(=O)C1C(=O)O[C@H](c2ccccc2)[C@@H]1C.CC/C=C\C/C=C\C/C=C\C/C=C\C/C=C\CCCCS[C@@H](CC)C(=O)C1C(=O)O[C@H](c2ccccc2)[C@@H]1C. The van der Waals surface area contributed by atoms with Crippen molar-refractivity contribution in [3.8, 4) is 0 Å². The summed E-state index contributed by atoms with van der Waals surface area (Å²) in [5.74, 6) is -0.372. The highest BCUT2D eigenvalue weighted by atomic mass is 32.2. The van der Waals surface area contributed by atoms with E-state index in [4.69, 9.17) is 9.47 Å². The molecule has 6 nitrogen and oxygen atoms in total. The van der Waals surface area contributed by atoms with Crippen molar-refractivity contribution >= 4 is 47.0 Å². The molecule has 2 heterocycles. The fraction of sp³-hybridized carbons (Fsp3) is 0.486. The van der Waals surface area contributed by atoms with Gasteiger partial charge in [0.25, 0.3) is 0 Å². The largest absolute Gasteiger partial charge is 0.457 e. The predicted molar refractivity (Wildman–Crippen MR) is 336 cm³/mol. The second kappa shape index (κ2) is 43.7. The highest BCUT2D eigenvalue weighted by molar-refractivity contribution is 8.00. The average Bonchev–Trinajstić information content (AvgIpc) is 4.00. The van der Waals surface area contributed by atoms with Gasteiger partial charge in [0.2, 0.25) is 0 Å². The van der Waals surface area contributed by atoms with Crippen LogP contribution >= 0.6 is 23.5 Å². The first-order valence-corrected chi connectivity index (χ1v) is 31.6. The number of ether oxygens (including phenoxy) is 2. The molecule has 8 heteroatoms. The molecule has 0 saturated carbocycles. The van der Waals surface area contributed by atoms with Crippen LogP contribution in [-0.2, 0) is 28.7 Å². The van der Waals surface area contributed by atoms with Crippen LogP contribution in [0.3, 0.4) is 0 Å². The van der Waals surface area contributed by atoms with Gasteiger partial charge in [-0.2, -0.15) is 23.5 Å². The first-order valence-electron chi connectivity index (χ1n) is 29.5. The molecule has 4 rings (SSSR count). The quantitative estimate of drug-likeness (QED) is 0.0284. The molecule has 2 aliphatic heterocycles. The number of hydrogen-bond acceptors (Lipinski definition) is 8. The molecule has 2 aromatic rings. The van der Waals surface area contributed by atoms with Gasteiger partial charge in [-0.05, 0) is 138 Å². The number of unbranched alkanes of at least 4 members (excludes halogenated alkanes) is 4. The molecule has 78 heavy (non-hydrogen) atoms. The fourth-order valence-corrected chi connectivity index (χ4v) is 11.7. The molecule has 0 spiro atoms. The number of cyclic esters (lactones) is 2. The Hall–Kier alpha value is -5.18. The number of thioether (sulfide) groups is 2. The molecule has 0 bridgehead atoms. The molecule has 0 radical (unpaired) electrons. The van der Waals surface area contributed by atoms with Crippen LogP contribution in [0.4, 0.5) is 0 Å². The fourth-order valence-electron chi connectivity index (χ4n) is 9.29. The summed E-state index contributed by atoms with van der Waals surface area (Å²) in [6, 6.07) is 19.5. The second-order valence-electron chi connectivity index (χ2n) is 20.0. The minimum absolute atomic E-state index is 0.0382. The molecule has 8 atom stereocenters. The third kappa shape index (κ3) is 27.1. The van der Waals surface area contributed by atoms with Gasteiger partial charge in [-0.3, -0.25) is 19.2 Å². The van der Waals surface area contributed by atoms with Crippen molar-refractivity contribution in [2.45, 2.75) is 180 Å². The maximum absolute atomic E-state index is 13.2. The van der Waals surface area contributed by atoms with Crippen LogP contribution in [0, 0.1) is 23.7 Å². The second-order valence-corrected chi connectivity index (χ2v) is 22.6. The van der Waals surface area contributed by atoms with Gasteiger partial charge < -0.3 is 9.47 Å². The summed E-state index contributed by atoms with van der Waals surface area (Å²) in [4.78, 5) is 51.7. The van der Waals surface area contributed by atoms with Crippen molar-refractivity contribution in [3.05, 3.63) is 193 Å². The Bertz CT molecular complexity index is 2110. The Balaban J connectivity index is 0.000000410. The van der Waals surface area contributed by atoms with Gasteiger partial charge in [0, 0.05) is 11.8 Å². The number of carbonyl (C=O) groups excluding carboxylic acids is 4. The Morgan fingerprint density at radius 1 is 0.423 bits per heavy atom. The van der Waals surface area contributed by atoms with E-state index in [2.05, 4.69) is 135 Å². The summed E-state index contributed by atoms with van der Waals surface area (Å²) in [5, 5.41) is -0.290. The molecular weight excluding hydrogens is 1000 g/mol. The number of allylic oxidation sites excluding steroid dienone is 20. The van der Waals surface area contributed by atoms with E-state index in [1.54, 1.807) is 23.5 Å². The molecule has 2 aromatic carbocycles. The molecule has 0 amide bonds. The lowest BCUT2D eigenvalue weighted by Crippen LogP contribution is -2.32. The van der Waals surface area contributed by atoms with Crippen molar-refractivity contribution in [2.24, 2.45) is 23.7 Å². The van der Waals surface area contributed by atoms with E-state index in [9.17, 15) is 19.2 Å². The molecule has 2 unspecified atom stereocenters. The Kier molecular flexibility index (Phi) is 37.6. The van der Waals surface area contributed by atoms with Gasteiger partial charge in [0.05, 0.1) is 10.5 Å². The third-order valence-electron chi connectivity index (χ3n) is 13.7. The zero-order valence-corrected chi connectivity index (χ0v) is 50.0. The molecule has 424 valence electrons. The monoisotopic (exact) mass is 1100 g/mol. The maximum atomic E-state index is 13.2. The van der Waals surface area contributed by atoms with E-state index in [0.717, 1.165) is 138 Å². The van der Waals surface area contributed by atoms with Crippen LogP contribution in [0.1, 0.15) is 180 Å². The Morgan fingerprint density at radius 2 is 0.705 bits per heavy atom. The summed E-state index contributed by atoms with van der Waals surface area (Å²) in [5.41, 5.74) is 1.92. The number of benzene rings is 2. The highest BCUT2D eigenvalue weighted by Crippen LogP contribution is 2.42. The van der Waals surface area contributed by atoms with E-state index in [-0.39, 0.29) is 58.0 Å². The van der Waals surface area contributed by atoms with Crippen molar-refractivity contribution in [3.63, 3.8) is 0 Å². The van der Waals surface area contributed by atoms with Crippen LogP contribution in [0.15, 0.2) is 182 Å². The summed E-state index contributed by atoms with van der Waals surface area (Å²) >= 11 is 3.40. The first kappa shape index (κ1) is 67.1. The van der Waals surface area contributed by atoms with Gasteiger partial charge in [0.1, 0.15) is 24.0 Å². The maximum Gasteiger partial charge on any atom is 0.317 e. The van der Waals surface area contributed by atoms with Crippen LogP contribution in [-0.4, -0.2) is 45.5 Å². The van der Waals surface area contributed by atoms with E-state index in [1.807, 2.05) is 88.4 Å². The number of Topliss-reactive ketones (excluding diaryl/α,β-unsaturated/α-hetero) is 2. The molecule has 2 fully saturated rings. The standard InChI is InChI=1S/2C35H48O3S/c2*1-4-6-7-8-9-10-11-12-13-14-15-16-17-18-19-20-21-25-28-39-31(5-2)33(36)32-29(3)34(38-35(32)37)30-26-23-22-24-27-30/h2*6-7,9-10,12-13,15-16,18-19,22-24,26-27,29,31-32,34H,4-5,8,11,14,17,20-21,25,28H2,1-3H3/b2*7-6-,10-9-,13-12-,16-15-,19-18-/t2*29-,31+,32?,34+/m11/s1. The van der Waals surface area contributed by atoms with Crippen LogP contribution in [0.25, 0.3) is 0 Å². The third-order valence-corrected chi connectivity index (χ3v) is 16.7. The van der Waals surface area contributed by atoms with Crippen molar-refractivity contribution in [1.82, 2.24) is 0 Å². The van der Waals surface area contributed by atoms with Gasteiger partial charge in [-0.25, -0.2) is 0 Å². The van der Waals surface area contributed by atoms with E-state index >= 15 is 0 Å². The van der Waals surface area contributed by atoms with E-state index in [1.165, 1.54) is 0 Å². The number of ketones is 2. The zero-order chi connectivity index (χ0) is 56.3. The summed E-state index contributed by atoms with van der Waals surface area (Å²) in [7, 11) is 0. The highest BCUT2D eigenvalue weighted by Gasteiger charge is 2.49. The summed E-state index contributed by atoms with van der Waals surface area (Å²) in [6.07, 6.45) is 61.9. The van der Waals surface area contributed by atoms with E-state index in [0.29, 0.717) is 0 Å². The minimum Gasteiger partial charge on any atom is -0.457 e. The molecule has 0 aliphatic carbocycles. The Morgan fingerprint density at radius 3 is 0.987 bits per heavy atom. The Labute approximate surface area is 481 Å². The first-order chi connectivity index (χ1) is 38.2. The normalized spacial score (nSPS) is 20.8. The molecular formula is C70H96O6S2. The number of carbonyl (C=O) groups is 4. The topological polar surface area (TPSA) is 86.7 Å². The molecule has 0 aromatic heterocycles. The van der Waals surface area contributed by atoms with Gasteiger partial charge >= 0.3 is 11.9 Å². The van der Waals surface area contributed by atoms with Gasteiger partial charge in [0.15, 0.2) is 11.6 Å². The summed E-state index contributed by atoms with van der Waals surface area (Å²) < 4.78 is 11.3. The van der Waals surface area contributed by atoms with Crippen LogP contribution in [0.5, 0.6) is 0 Å². The van der Waals surface area contributed by atoms with Crippen LogP contribution < -0.4 is 0 Å². The average molecular weight is 1100 g/mol. The predicted octanol–water partition coefficient (Wildman–Crippen LogP) is 19.1. The minimum atomic E-state index is -0.658. The van der Waals surface area contributed by atoms with Crippen LogP contribution in [0.2, 0.25) is 0 Å². The lowest BCUT2D eigenvalue weighted by Gasteiger charge is -2.20. The summed E-state index contributed by atoms with van der Waals surface area (Å²) in [6.45, 7) is 12.3. The number of rotatable bonds is 38. The molecule has 0 N–H and O–H groups in total. The van der Waals surface area contributed by atoms with Gasteiger partial charge in [-0.1, -0.05) is 224 Å². The zero-order valence-electron chi connectivity index (χ0n) is 48.3.